The first kappa shape index (κ1) is 10.2. The summed E-state index contributed by atoms with van der Waals surface area (Å²) >= 11 is 3.19. The Morgan fingerprint density at radius 1 is 1.27 bits per heavy atom. The first-order chi connectivity index (χ1) is 7.18. The van der Waals surface area contributed by atoms with Gasteiger partial charge in [0, 0.05) is 5.57 Å². The number of halogens is 1. The van der Waals surface area contributed by atoms with Crippen LogP contribution >= 0.6 is 15.9 Å². The van der Waals surface area contributed by atoms with Gasteiger partial charge in [-0.05, 0) is 34.5 Å². The first-order valence-electron chi connectivity index (χ1n) is 4.54. The fraction of sp³-hybridized carbons (Fsp3) is 0.0833. The summed E-state index contributed by atoms with van der Waals surface area (Å²) in [5, 5.41) is 0. The molecule has 1 heterocycles. The van der Waals surface area contributed by atoms with E-state index in [1.54, 1.807) is 0 Å². The van der Waals surface area contributed by atoms with Gasteiger partial charge in [-0.25, -0.2) is 4.79 Å². The maximum absolute atomic E-state index is 11.2. The Morgan fingerprint density at radius 2 is 1.93 bits per heavy atom. The van der Waals surface area contributed by atoms with Crippen molar-refractivity contribution >= 4 is 28.0 Å². The molecule has 1 aliphatic rings. The van der Waals surface area contributed by atoms with Crippen LogP contribution in [0.15, 0.2) is 46.1 Å². The number of esters is 1. The molecule has 0 fully saturated rings. The molecule has 76 valence electrons. The summed E-state index contributed by atoms with van der Waals surface area (Å²) in [7, 11) is 0. The average Bonchev–Trinajstić information content (AvgIpc) is 2.48. The summed E-state index contributed by atoms with van der Waals surface area (Å²) in [6, 6.07) is 9.75. The summed E-state index contributed by atoms with van der Waals surface area (Å²) in [5.41, 5.74) is 1.85. The van der Waals surface area contributed by atoms with Crippen LogP contribution in [0.2, 0.25) is 0 Å². The van der Waals surface area contributed by atoms with Gasteiger partial charge in [-0.3, -0.25) is 0 Å². The molecule has 0 bridgehead atoms. The topological polar surface area (TPSA) is 26.3 Å². The summed E-state index contributed by atoms with van der Waals surface area (Å²) in [6.45, 7) is 1.85. The number of carbonyl (C=O) groups is 1. The second-order valence-corrected chi connectivity index (χ2v) is 4.04. The zero-order valence-electron chi connectivity index (χ0n) is 8.16. The standard InChI is InChI=1S/C12H9BrO2/c1-8-10(15-12(14)11(8)13)7-9-5-3-2-4-6-9/h2-7H,1H3/b10-7-. The number of hydrogen-bond donors (Lipinski definition) is 0. The number of ether oxygens (including phenoxy) is 1. The molecule has 0 spiro atoms. The third-order valence-corrected chi connectivity index (χ3v) is 3.10. The van der Waals surface area contributed by atoms with E-state index in [9.17, 15) is 4.79 Å². The monoisotopic (exact) mass is 264 g/mol. The number of cyclic esters (lactones) is 1. The van der Waals surface area contributed by atoms with Gasteiger partial charge in [0.2, 0.25) is 0 Å². The van der Waals surface area contributed by atoms with Crippen molar-refractivity contribution in [3.05, 3.63) is 51.7 Å². The molecule has 0 saturated carbocycles. The summed E-state index contributed by atoms with van der Waals surface area (Å²) in [4.78, 5) is 11.2. The van der Waals surface area contributed by atoms with E-state index >= 15 is 0 Å². The molecule has 15 heavy (non-hydrogen) atoms. The molecule has 3 heteroatoms. The van der Waals surface area contributed by atoms with Crippen molar-refractivity contribution < 1.29 is 9.53 Å². The predicted octanol–water partition coefficient (Wildman–Crippen LogP) is 3.25. The fourth-order valence-electron chi connectivity index (χ4n) is 1.32. The molecule has 0 N–H and O–H groups in total. The molecule has 0 amide bonds. The molecule has 1 aliphatic heterocycles. The van der Waals surface area contributed by atoms with Gasteiger partial charge in [-0.2, -0.15) is 0 Å². The van der Waals surface area contributed by atoms with Crippen LogP contribution in [-0.4, -0.2) is 5.97 Å². The van der Waals surface area contributed by atoms with Gasteiger partial charge < -0.3 is 4.74 Å². The van der Waals surface area contributed by atoms with E-state index in [1.807, 2.05) is 43.3 Å². The van der Waals surface area contributed by atoms with E-state index in [2.05, 4.69) is 15.9 Å². The lowest BCUT2D eigenvalue weighted by Gasteiger charge is -1.98. The SMILES string of the molecule is CC1=C(Br)C(=O)O/C1=C\c1ccccc1. The molecular formula is C12H9BrO2. The van der Waals surface area contributed by atoms with Crippen molar-refractivity contribution in [2.24, 2.45) is 0 Å². The van der Waals surface area contributed by atoms with Crippen molar-refractivity contribution in [1.82, 2.24) is 0 Å². The molecule has 0 saturated heterocycles. The molecule has 2 rings (SSSR count). The average molecular weight is 265 g/mol. The highest BCUT2D eigenvalue weighted by molar-refractivity contribution is 9.12. The molecule has 0 atom stereocenters. The normalized spacial score (nSPS) is 18.5. The third-order valence-electron chi connectivity index (χ3n) is 2.18. The largest absolute Gasteiger partial charge is 0.422 e. The quantitative estimate of drug-likeness (QED) is 0.728. The zero-order valence-corrected chi connectivity index (χ0v) is 9.74. The van der Waals surface area contributed by atoms with Crippen LogP contribution in [0.1, 0.15) is 12.5 Å². The Labute approximate surface area is 96.4 Å². The number of carbonyl (C=O) groups excluding carboxylic acids is 1. The number of hydrogen-bond acceptors (Lipinski definition) is 2. The van der Waals surface area contributed by atoms with Crippen LogP contribution < -0.4 is 0 Å². The highest BCUT2D eigenvalue weighted by Gasteiger charge is 2.24. The molecule has 0 unspecified atom stereocenters. The smallest absolute Gasteiger partial charge is 0.351 e. The molecular weight excluding hydrogens is 256 g/mol. The Bertz CT molecular complexity index is 458. The minimum atomic E-state index is -0.324. The molecule has 1 aromatic rings. The highest BCUT2D eigenvalue weighted by Crippen LogP contribution is 2.30. The molecule has 1 aromatic carbocycles. The molecule has 2 nitrogen and oxygen atoms in total. The van der Waals surface area contributed by atoms with Crippen molar-refractivity contribution in [3.8, 4) is 0 Å². The van der Waals surface area contributed by atoms with Crippen LogP contribution in [0.5, 0.6) is 0 Å². The van der Waals surface area contributed by atoms with E-state index in [0.717, 1.165) is 11.1 Å². The minimum Gasteiger partial charge on any atom is -0.422 e. The Balaban J connectivity index is 2.35. The van der Waals surface area contributed by atoms with Gasteiger partial charge in [0.15, 0.2) is 0 Å². The van der Waals surface area contributed by atoms with E-state index < -0.39 is 0 Å². The van der Waals surface area contributed by atoms with E-state index in [0.29, 0.717) is 10.2 Å². The number of rotatable bonds is 1. The third kappa shape index (κ3) is 2.02. The second-order valence-electron chi connectivity index (χ2n) is 3.25. The van der Waals surface area contributed by atoms with Gasteiger partial charge >= 0.3 is 5.97 Å². The van der Waals surface area contributed by atoms with Gasteiger partial charge in [0.25, 0.3) is 0 Å². The first-order valence-corrected chi connectivity index (χ1v) is 5.33. The van der Waals surface area contributed by atoms with E-state index in [-0.39, 0.29) is 5.97 Å². The Morgan fingerprint density at radius 3 is 2.47 bits per heavy atom. The van der Waals surface area contributed by atoms with Crippen LogP contribution in [0.3, 0.4) is 0 Å². The lowest BCUT2D eigenvalue weighted by atomic mass is 10.1. The van der Waals surface area contributed by atoms with Crippen LogP contribution in [0, 0.1) is 0 Å². The molecule has 0 aliphatic carbocycles. The summed E-state index contributed by atoms with van der Waals surface area (Å²) in [6.07, 6.45) is 1.85. The number of benzene rings is 1. The maximum Gasteiger partial charge on any atom is 0.351 e. The van der Waals surface area contributed by atoms with Gasteiger partial charge in [0.1, 0.15) is 10.2 Å². The lowest BCUT2D eigenvalue weighted by molar-refractivity contribution is -0.132. The van der Waals surface area contributed by atoms with Gasteiger partial charge in [-0.15, -0.1) is 0 Å². The van der Waals surface area contributed by atoms with Gasteiger partial charge in [0.05, 0.1) is 0 Å². The highest BCUT2D eigenvalue weighted by atomic mass is 79.9. The predicted molar refractivity (Wildman–Crippen MR) is 62.1 cm³/mol. The van der Waals surface area contributed by atoms with Crippen molar-refractivity contribution in [2.45, 2.75) is 6.92 Å². The van der Waals surface area contributed by atoms with E-state index in [4.69, 9.17) is 4.74 Å². The second kappa shape index (κ2) is 4.03. The fourth-order valence-corrected chi connectivity index (χ4v) is 1.60. The molecule has 0 aromatic heterocycles. The zero-order chi connectivity index (χ0) is 10.8. The van der Waals surface area contributed by atoms with Crippen molar-refractivity contribution in [2.75, 3.05) is 0 Å². The minimum absolute atomic E-state index is 0.324. The Kier molecular flexibility index (Phi) is 2.73. The summed E-state index contributed by atoms with van der Waals surface area (Å²) < 4.78 is 5.60. The van der Waals surface area contributed by atoms with Crippen molar-refractivity contribution in [3.63, 3.8) is 0 Å². The van der Waals surface area contributed by atoms with E-state index in [1.165, 1.54) is 0 Å². The van der Waals surface area contributed by atoms with Crippen LogP contribution in [0.25, 0.3) is 6.08 Å². The summed E-state index contributed by atoms with van der Waals surface area (Å²) in [5.74, 6) is 0.285. The van der Waals surface area contributed by atoms with Crippen molar-refractivity contribution in [1.29, 1.82) is 0 Å². The lowest BCUT2D eigenvalue weighted by Crippen LogP contribution is -1.93. The maximum atomic E-state index is 11.2. The van der Waals surface area contributed by atoms with Crippen LogP contribution in [0.4, 0.5) is 0 Å². The Hall–Kier alpha value is -1.35. The number of allylic oxidation sites excluding steroid dienone is 1. The van der Waals surface area contributed by atoms with Crippen LogP contribution in [-0.2, 0) is 9.53 Å². The molecule has 0 radical (unpaired) electrons. The van der Waals surface area contributed by atoms with Gasteiger partial charge in [-0.1, -0.05) is 30.3 Å².